The van der Waals surface area contributed by atoms with Crippen LogP contribution in [0, 0.1) is 0 Å². The summed E-state index contributed by atoms with van der Waals surface area (Å²) in [6.07, 6.45) is 0. The highest BCUT2D eigenvalue weighted by Gasteiger charge is 1.99. The maximum absolute atomic E-state index is 3.53. The predicted molar refractivity (Wildman–Crippen MR) is 125 cm³/mol. The summed E-state index contributed by atoms with van der Waals surface area (Å²) in [6.45, 7) is 11.5. The maximum Gasteiger partial charge on any atom is 0.0206 e. The van der Waals surface area contributed by atoms with Crippen molar-refractivity contribution < 1.29 is 0 Å². The Labute approximate surface area is 181 Å². The van der Waals surface area contributed by atoms with Gasteiger partial charge in [-0.25, -0.2) is 0 Å². The summed E-state index contributed by atoms with van der Waals surface area (Å²) >= 11 is 0. The molecule has 0 atom stereocenters. The molecule has 0 saturated carbocycles. The molecular formula is C24H38N6. The summed E-state index contributed by atoms with van der Waals surface area (Å²) in [5.74, 6) is 0. The largest absolute Gasteiger partial charge is 0.314 e. The molecule has 1 heterocycles. The quantitative estimate of drug-likeness (QED) is 0.388. The Morgan fingerprint density at radius 2 is 0.633 bits per heavy atom. The van der Waals surface area contributed by atoms with E-state index in [4.69, 9.17) is 0 Å². The zero-order valence-corrected chi connectivity index (χ0v) is 18.1. The van der Waals surface area contributed by atoms with Gasteiger partial charge in [-0.05, 0) is 22.3 Å². The van der Waals surface area contributed by atoms with Crippen molar-refractivity contribution in [2.75, 3.05) is 52.4 Å². The fraction of sp³-hybridized carbons (Fsp3) is 0.500. The molecule has 164 valence electrons. The SMILES string of the molecule is c1cc2cc(c1)CNCCNCCNCc1cccc(c1)CNCCNCCNC2. The number of nitrogens with one attached hydrogen (secondary N) is 6. The zero-order valence-electron chi connectivity index (χ0n) is 18.1. The van der Waals surface area contributed by atoms with Crippen LogP contribution in [-0.4, -0.2) is 52.4 Å². The fourth-order valence-corrected chi connectivity index (χ4v) is 3.59. The van der Waals surface area contributed by atoms with Crippen molar-refractivity contribution >= 4 is 0 Å². The van der Waals surface area contributed by atoms with Gasteiger partial charge in [0.2, 0.25) is 0 Å². The summed E-state index contributed by atoms with van der Waals surface area (Å²) < 4.78 is 0. The van der Waals surface area contributed by atoms with Crippen molar-refractivity contribution in [3.63, 3.8) is 0 Å². The molecule has 0 unspecified atom stereocenters. The van der Waals surface area contributed by atoms with E-state index >= 15 is 0 Å². The second-order valence-electron chi connectivity index (χ2n) is 7.85. The molecule has 0 radical (unpaired) electrons. The zero-order chi connectivity index (χ0) is 20.7. The highest BCUT2D eigenvalue weighted by atomic mass is 15.0. The van der Waals surface area contributed by atoms with Gasteiger partial charge in [0.1, 0.15) is 0 Å². The van der Waals surface area contributed by atoms with Gasteiger partial charge in [-0.2, -0.15) is 0 Å². The average Bonchev–Trinajstić information content (AvgIpc) is 2.77. The molecular weight excluding hydrogens is 372 g/mol. The summed E-state index contributed by atoms with van der Waals surface area (Å²) in [4.78, 5) is 0. The van der Waals surface area contributed by atoms with E-state index in [2.05, 4.69) is 80.4 Å². The molecule has 0 spiro atoms. The van der Waals surface area contributed by atoms with Crippen molar-refractivity contribution in [3.8, 4) is 0 Å². The second-order valence-corrected chi connectivity index (χ2v) is 7.85. The van der Waals surface area contributed by atoms with Crippen LogP contribution in [0.25, 0.3) is 0 Å². The van der Waals surface area contributed by atoms with Crippen molar-refractivity contribution in [2.24, 2.45) is 0 Å². The van der Waals surface area contributed by atoms with E-state index in [1.165, 1.54) is 22.3 Å². The summed E-state index contributed by atoms with van der Waals surface area (Å²) in [5.41, 5.74) is 5.38. The Bertz CT molecular complexity index is 608. The Balaban J connectivity index is 1.45. The highest BCUT2D eigenvalue weighted by molar-refractivity contribution is 5.24. The topological polar surface area (TPSA) is 72.2 Å². The molecule has 3 rings (SSSR count). The third kappa shape index (κ3) is 9.34. The minimum absolute atomic E-state index is 0.915. The first-order valence-electron chi connectivity index (χ1n) is 11.3. The van der Waals surface area contributed by atoms with Gasteiger partial charge in [-0.15, -0.1) is 0 Å². The smallest absolute Gasteiger partial charge is 0.0206 e. The molecule has 0 amide bonds. The van der Waals surface area contributed by atoms with E-state index in [0.717, 1.165) is 78.5 Å². The predicted octanol–water partition coefficient (Wildman–Crippen LogP) is 0.938. The molecule has 0 fully saturated rings. The third-order valence-corrected chi connectivity index (χ3v) is 5.21. The van der Waals surface area contributed by atoms with Crippen molar-refractivity contribution in [1.82, 2.24) is 31.9 Å². The molecule has 4 bridgehead atoms. The van der Waals surface area contributed by atoms with Gasteiger partial charge in [0.05, 0.1) is 0 Å². The first-order valence-corrected chi connectivity index (χ1v) is 11.3. The Morgan fingerprint density at radius 1 is 0.367 bits per heavy atom. The second kappa shape index (κ2) is 14.2. The minimum Gasteiger partial charge on any atom is -0.314 e. The summed E-state index contributed by atoms with van der Waals surface area (Å²) in [6, 6.07) is 17.7. The number of hydrogen-bond donors (Lipinski definition) is 6. The van der Waals surface area contributed by atoms with Crippen LogP contribution in [0.2, 0.25) is 0 Å². The van der Waals surface area contributed by atoms with E-state index in [0.29, 0.717) is 0 Å². The number of rotatable bonds is 0. The molecule has 2 aromatic rings. The number of fused-ring (bicyclic) bond motifs is 4. The van der Waals surface area contributed by atoms with E-state index < -0.39 is 0 Å². The minimum atomic E-state index is 0.915. The lowest BCUT2D eigenvalue weighted by Gasteiger charge is -2.11. The number of benzene rings is 2. The maximum atomic E-state index is 3.53. The van der Waals surface area contributed by atoms with E-state index in [9.17, 15) is 0 Å². The van der Waals surface area contributed by atoms with Crippen molar-refractivity contribution in [3.05, 3.63) is 70.8 Å². The van der Waals surface area contributed by atoms with Crippen LogP contribution in [-0.2, 0) is 26.2 Å². The lowest BCUT2D eigenvalue weighted by molar-refractivity contribution is 0.576. The first-order chi connectivity index (χ1) is 14.9. The Hall–Kier alpha value is -1.80. The van der Waals surface area contributed by atoms with Crippen LogP contribution in [0.4, 0.5) is 0 Å². The van der Waals surface area contributed by atoms with Gasteiger partial charge in [0, 0.05) is 78.5 Å². The van der Waals surface area contributed by atoms with Gasteiger partial charge in [0.25, 0.3) is 0 Å². The molecule has 0 aliphatic carbocycles. The van der Waals surface area contributed by atoms with Crippen molar-refractivity contribution in [1.29, 1.82) is 0 Å². The molecule has 6 N–H and O–H groups in total. The van der Waals surface area contributed by atoms with Gasteiger partial charge in [-0.3, -0.25) is 0 Å². The average molecular weight is 411 g/mol. The van der Waals surface area contributed by atoms with Crippen LogP contribution in [0.1, 0.15) is 22.3 Å². The Kier molecular flexibility index (Phi) is 10.9. The molecule has 6 nitrogen and oxygen atoms in total. The van der Waals surface area contributed by atoms with Gasteiger partial charge in [0.15, 0.2) is 0 Å². The summed E-state index contributed by atoms with van der Waals surface area (Å²) in [5, 5.41) is 21.1. The molecule has 30 heavy (non-hydrogen) atoms. The fourth-order valence-electron chi connectivity index (χ4n) is 3.59. The molecule has 1 aliphatic rings. The highest BCUT2D eigenvalue weighted by Crippen LogP contribution is 2.05. The lowest BCUT2D eigenvalue weighted by atomic mass is 10.1. The van der Waals surface area contributed by atoms with Crippen LogP contribution in [0.3, 0.4) is 0 Å². The van der Waals surface area contributed by atoms with E-state index in [1.54, 1.807) is 0 Å². The van der Waals surface area contributed by atoms with Crippen LogP contribution in [0.5, 0.6) is 0 Å². The van der Waals surface area contributed by atoms with E-state index in [1.807, 2.05) is 0 Å². The van der Waals surface area contributed by atoms with Gasteiger partial charge < -0.3 is 31.9 Å². The third-order valence-electron chi connectivity index (χ3n) is 5.21. The number of hydrogen-bond acceptors (Lipinski definition) is 6. The molecule has 0 aromatic heterocycles. The standard InChI is InChI=1S/C24H38N6/c1-3-21-15-22(4-1)18-28-12-8-26-10-14-30-20-24-6-2-5-23(16-24)19-29-13-9-25-7-11-27-17-21/h1-6,15-16,25-30H,7-14,17-20H2. The first kappa shape index (κ1) is 22.9. The molecule has 1 aliphatic heterocycles. The monoisotopic (exact) mass is 410 g/mol. The Morgan fingerprint density at radius 3 is 0.933 bits per heavy atom. The van der Waals surface area contributed by atoms with E-state index in [-0.39, 0.29) is 0 Å². The van der Waals surface area contributed by atoms with Crippen LogP contribution in [0.15, 0.2) is 48.5 Å². The lowest BCUT2D eigenvalue weighted by Crippen LogP contribution is -2.32. The molecule has 2 aromatic carbocycles. The van der Waals surface area contributed by atoms with Crippen LogP contribution < -0.4 is 31.9 Å². The summed E-state index contributed by atoms with van der Waals surface area (Å²) in [7, 11) is 0. The normalized spacial score (nSPS) is 18.9. The molecule has 0 saturated heterocycles. The van der Waals surface area contributed by atoms with Crippen molar-refractivity contribution in [2.45, 2.75) is 26.2 Å². The van der Waals surface area contributed by atoms with Gasteiger partial charge in [-0.1, -0.05) is 48.5 Å². The molecule has 6 heteroatoms. The van der Waals surface area contributed by atoms with Crippen LogP contribution >= 0.6 is 0 Å². The van der Waals surface area contributed by atoms with Gasteiger partial charge >= 0.3 is 0 Å².